The number of hydrogen-bond donors (Lipinski definition) is 0. The smallest absolute Gasteiger partial charge is 0.392 e. The average Bonchev–Trinajstić information content (AvgIpc) is 2.68. The molecule has 0 aliphatic heterocycles. The van der Waals surface area contributed by atoms with Crippen molar-refractivity contribution < 1.29 is 14.5 Å². The number of ether oxygens (including phenoxy) is 1. The van der Waals surface area contributed by atoms with E-state index in [1.165, 1.54) is 10.9 Å². The van der Waals surface area contributed by atoms with Gasteiger partial charge >= 0.3 is 11.8 Å². The van der Waals surface area contributed by atoms with Gasteiger partial charge in [0.05, 0.1) is 23.5 Å². The van der Waals surface area contributed by atoms with Gasteiger partial charge in [-0.25, -0.2) is 4.79 Å². The van der Waals surface area contributed by atoms with Crippen LogP contribution in [0.1, 0.15) is 38.3 Å². The minimum absolute atomic E-state index is 0.222. The zero-order valence-corrected chi connectivity index (χ0v) is 10.8. The highest BCUT2D eigenvalue weighted by Gasteiger charge is 2.28. The number of hydrogen-bond acceptors (Lipinski definition) is 5. The average molecular weight is 255 g/mol. The lowest BCUT2D eigenvalue weighted by molar-refractivity contribution is -0.390. The van der Waals surface area contributed by atoms with Crippen LogP contribution in [0.25, 0.3) is 0 Å². The van der Waals surface area contributed by atoms with E-state index in [1.54, 1.807) is 13.8 Å². The standard InChI is InChI=1S/C11H17N3O4/c1-4-6-9(11(15)18-5-2)13-7-8(3)10(12-13)14(16)17/h7,9H,4-6H2,1-3H3. The molecule has 1 aromatic heterocycles. The van der Waals surface area contributed by atoms with Crippen molar-refractivity contribution in [1.82, 2.24) is 9.78 Å². The van der Waals surface area contributed by atoms with Crippen molar-refractivity contribution in [1.29, 1.82) is 0 Å². The molecule has 0 N–H and O–H groups in total. The highest BCUT2D eigenvalue weighted by atomic mass is 16.6. The molecule has 1 heterocycles. The molecular formula is C11H17N3O4. The maximum Gasteiger partial charge on any atom is 0.392 e. The Morgan fingerprint density at radius 3 is 2.72 bits per heavy atom. The molecule has 100 valence electrons. The lowest BCUT2D eigenvalue weighted by Crippen LogP contribution is -2.22. The van der Waals surface area contributed by atoms with Crippen LogP contribution in [-0.2, 0) is 9.53 Å². The third-order valence-electron chi connectivity index (χ3n) is 2.50. The number of aromatic nitrogens is 2. The molecular weight excluding hydrogens is 238 g/mol. The van der Waals surface area contributed by atoms with Gasteiger partial charge in [-0.1, -0.05) is 13.3 Å². The SMILES string of the molecule is CCCC(C(=O)OCC)n1cc(C)c([N+](=O)[O-])n1. The number of carbonyl (C=O) groups is 1. The number of nitro groups is 1. The van der Waals surface area contributed by atoms with Gasteiger partial charge in [-0.05, 0) is 25.2 Å². The molecule has 1 aromatic rings. The van der Waals surface area contributed by atoms with Crippen LogP contribution in [-0.4, -0.2) is 27.3 Å². The van der Waals surface area contributed by atoms with Crippen molar-refractivity contribution in [2.45, 2.75) is 39.7 Å². The van der Waals surface area contributed by atoms with Gasteiger partial charge in [0, 0.05) is 0 Å². The van der Waals surface area contributed by atoms with Crippen molar-refractivity contribution in [3.05, 3.63) is 21.9 Å². The summed E-state index contributed by atoms with van der Waals surface area (Å²) < 4.78 is 6.28. The monoisotopic (exact) mass is 255 g/mol. The second kappa shape index (κ2) is 6.13. The summed E-state index contributed by atoms with van der Waals surface area (Å²) in [6, 6.07) is -0.595. The van der Waals surface area contributed by atoms with E-state index in [9.17, 15) is 14.9 Å². The minimum Gasteiger partial charge on any atom is -0.464 e. The first kappa shape index (κ1) is 14.1. The van der Waals surface area contributed by atoms with E-state index >= 15 is 0 Å². The van der Waals surface area contributed by atoms with Gasteiger partial charge in [0.15, 0.2) is 6.04 Å². The van der Waals surface area contributed by atoms with E-state index in [0.717, 1.165) is 6.42 Å². The summed E-state index contributed by atoms with van der Waals surface area (Å²) in [5.74, 6) is -0.628. The number of nitrogens with zero attached hydrogens (tertiary/aromatic N) is 3. The predicted octanol–water partition coefficient (Wildman–Crippen LogP) is 2.00. The van der Waals surface area contributed by atoms with Crippen LogP contribution in [0.5, 0.6) is 0 Å². The Kier molecular flexibility index (Phi) is 4.82. The van der Waals surface area contributed by atoms with Gasteiger partial charge in [-0.3, -0.25) is 0 Å². The predicted molar refractivity (Wildman–Crippen MR) is 64.2 cm³/mol. The molecule has 0 aromatic carbocycles. The van der Waals surface area contributed by atoms with Crippen LogP contribution < -0.4 is 0 Å². The topological polar surface area (TPSA) is 87.3 Å². The van der Waals surface area contributed by atoms with Crippen LogP contribution in [0, 0.1) is 17.0 Å². The van der Waals surface area contributed by atoms with Gasteiger partial charge in [-0.15, -0.1) is 0 Å². The zero-order valence-electron chi connectivity index (χ0n) is 10.8. The Bertz CT molecular complexity index is 441. The van der Waals surface area contributed by atoms with Crippen LogP contribution in [0.4, 0.5) is 5.82 Å². The van der Waals surface area contributed by atoms with Gasteiger partial charge < -0.3 is 14.9 Å². The Morgan fingerprint density at radius 1 is 1.61 bits per heavy atom. The fourth-order valence-electron chi connectivity index (χ4n) is 1.68. The summed E-state index contributed by atoms with van der Waals surface area (Å²) in [6.07, 6.45) is 2.81. The molecule has 0 radical (unpaired) electrons. The third kappa shape index (κ3) is 3.06. The van der Waals surface area contributed by atoms with E-state index in [-0.39, 0.29) is 12.4 Å². The molecule has 0 amide bonds. The molecule has 1 rings (SSSR count). The first-order valence-electron chi connectivity index (χ1n) is 5.88. The molecule has 0 aliphatic carbocycles. The van der Waals surface area contributed by atoms with E-state index in [0.29, 0.717) is 12.0 Å². The van der Waals surface area contributed by atoms with Crippen LogP contribution in [0.3, 0.4) is 0 Å². The summed E-state index contributed by atoms with van der Waals surface area (Å²) in [6.45, 7) is 5.52. The van der Waals surface area contributed by atoms with Crippen LogP contribution in [0.2, 0.25) is 0 Å². The Balaban J connectivity index is 3.02. The summed E-state index contributed by atoms with van der Waals surface area (Å²) >= 11 is 0. The first-order valence-corrected chi connectivity index (χ1v) is 5.88. The van der Waals surface area contributed by atoms with Gasteiger partial charge in [0.1, 0.15) is 0 Å². The van der Waals surface area contributed by atoms with E-state index < -0.39 is 16.9 Å². The fourth-order valence-corrected chi connectivity index (χ4v) is 1.68. The summed E-state index contributed by atoms with van der Waals surface area (Å²) in [7, 11) is 0. The molecule has 18 heavy (non-hydrogen) atoms. The lowest BCUT2D eigenvalue weighted by atomic mass is 10.2. The van der Waals surface area contributed by atoms with Crippen molar-refractivity contribution in [3.63, 3.8) is 0 Å². The van der Waals surface area contributed by atoms with E-state index in [4.69, 9.17) is 4.74 Å². The molecule has 7 heteroatoms. The van der Waals surface area contributed by atoms with Gasteiger partial charge in [0.2, 0.25) is 0 Å². The fraction of sp³-hybridized carbons (Fsp3) is 0.636. The summed E-state index contributed by atoms with van der Waals surface area (Å²) in [5, 5.41) is 14.6. The largest absolute Gasteiger partial charge is 0.464 e. The highest BCUT2D eigenvalue weighted by molar-refractivity contribution is 5.74. The molecule has 0 aliphatic rings. The summed E-state index contributed by atoms with van der Waals surface area (Å²) in [4.78, 5) is 21.9. The van der Waals surface area contributed by atoms with Gasteiger partial charge in [-0.2, -0.15) is 4.68 Å². The number of rotatable bonds is 6. The van der Waals surface area contributed by atoms with Crippen LogP contribution >= 0.6 is 0 Å². The highest BCUT2D eigenvalue weighted by Crippen LogP contribution is 2.21. The van der Waals surface area contributed by atoms with E-state index in [1.807, 2.05) is 6.92 Å². The second-order valence-corrected chi connectivity index (χ2v) is 3.93. The van der Waals surface area contributed by atoms with Gasteiger partial charge in [0.25, 0.3) is 0 Å². The van der Waals surface area contributed by atoms with Crippen molar-refractivity contribution >= 4 is 11.8 Å². The molecule has 0 bridgehead atoms. The zero-order chi connectivity index (χ0) is 13.7. The molecule has 7 nitrogen and oxygen atoms in total. The van der Waals surface area contributed by atoms with Crippen LogP contribution in [0.15, 0.2) is 6.20 Å². The number of carbonyl (C=O) groups excluding carboxylic acids is 1. The maximum atomic E-state index is 11.8. The molecule has 0 saturated carbocycles. The van der Waals surface area contributed by atoms with Crippen molar-refractivity contribution in [3.8, 4) is 0 Å². The summed E-state index contributed by atoms with van der Waals surface area (Å²) in [5.41, 5.74) is 0.436. The molecule has 1 unspecified atom stereocenters. The van der Waals surface area contributed by atoms with Crippen molar-refractivity contribution in [2.24, 2.45) is 0 Å². The van der Waals surface area contributed by atoms with Crippen molar-refractivity contribution in [2.75, 3.05) is 6.61 Å². The third-order valence-corrected chi connectivity index (χ3v) is 2.50. The Morgan fingerprint density at radius 2 is 2.28 bits per heavy atom. The first-order chi connectivity index (χ1) is 8.51. The molecule has 0 saturated heterocycles. The van der Waals surface area contributed by atoms with E-state index in [2.05, 4.69) is 5.10 Å². The molecule has 0 spiro atoms. The quantitative estimate of drug-likeness (QED) is 0.440. The molecule has 0 fully saturated rings. The minimum atomic E-state index is -0.595. The molecule has 1 atom stereocenters. The lowest BCUT2D eigenvalue weighted by Gasteiger charge is -2.11. The maximum absolute atomic E-state index is 11.8. The normalized spacial score (nSPS) is 12.2. The Hall–Kier alpha value is -1.92. The number of esters is 1. The number of aryl methyl sites for hydroxylation is 1. The second-order valence-electron chi connectivity index (χ2n) is 3.93. The Labute approximate surface area is 105 Å².